The summed E-state index contributed by atoms with van der Waals surface area (Å²) in [6, 6.07) is 12.3. The molecule has 3 nitrogen and oxygen atoms in total. The second-order valence-electron chi connectivity index (χ2n) is 5.95. The summed E-state index contributed by atoms with van der Waals surface area (Å²) in [7, 11) is 1.62. The molecule has 120 valence electrons. The molecule has 4 heteroatoms. The molecule has 0 N–H and O–H groups in total. The highest BCUT2D eigenvalue weighted by atomic mass is 19.1. The van der Waals surface area contributed by atoms with Crippen LogP contribution in [0.1, 0.15) is 24.5 Å². The molecule has 2 aromatic carbocycles. The van der Waals surface area contributed by atoms with Crippen LogP contribution < -0.4 is 9.64 Å². The Morgan fingerprint density at radius 3 is 2.70 bits per heavy atom. The van der Waals surface area contributed by atoms with Crippen LogP contribution in [-0.4, -0.2) is 19.1 Å². The van der Waals surface area contributed by atoms with Crippen molar-refractivity contribution in [3.05, 3.63) is 59.4 Å². The van der Waals surface area contributed by atoms with Crippen molar-refractivity contribution >= 4 is 11.6 Å². The highest BCUT2D eigenvalue weighted by Crippen LogP contribution is 2.31. The zero-order valence-electron chi connectivity index (χ0n) is 13.4. The summed E-state index contributed by atoms with van der Waals surface area (Å²) in [5, 5.41) is 0. The summed E-state index contributed by atoms with van der Waals surface area (Å²) in [6.07, 6.45) is 1.98. The minimum atomic E-state index is -0.249. The molecule has 1 atom stereocenters. The third kappa shape index (κ3) is 3.21. The molecule has 0 radical (unpaired) electrons. The van der Waals surface area contributed by atoms with E-state index < -0.39 is 0 Å². The van der Waals surface area contributed by atoms with Crippen molar-refractivity contribution in [1.82, 2.24) is 0 Å². The number of aryl methyl sites for hydroxylation is 1. The summed E-state index contributed by atoms with van der Waals surface area (Å²) < 4.78 is 18.6. The molecule has 0 saturated heterocycles. The standard InChI is InChI=1S/C19H20FNO2/c1-13-3-6-15-12-16(20)7-10-18(15)21(13)19(22)11-14-4-8-17(23-2)9-5-14/h4-5,7-10,12-13H,3,6,11H2,1-2H3/t13-/m0/s1. The van der Waals surface area contributed by atoms with Crippen LogP contribution in [0.15, 0.2) is 42.5 Å². The minimum absolute atomic E-state index is 0.0372. The Balaban J connectivity index is 1.83. The van der Waals surface area contributed by atoms with Crippen LogP contribution in [0.3, 0.4) is 0 Å². The van der Waals surface area contributed by atoms with E-state index >= 15 is 0 Å². The number of hydrogen-bond donors (Lipinski definition) is 0. The fraction of sp³-hybridized carbons (Fsp3) is 0.316. The van der Waals surface area contributed by atoms with Gasteiger partial charge in [-0.15, -0.1) is 0 Å². The zero-order chi connectivity index (χ0) is 16.4. The number of rotatable bonds is 3. The van der Waals surface area contributed by atoms with Crippen LogP contribution in [0.25, 0.3) is 0 Å². The highest BCUT2D eigenvalue weighted by molar-refractivity contribution is 5.96. The molecular formula is C19H20FNO2. The molecule has 0 fully saturated rings. The van der Waals surface area contributed by atoms with Crippen LogP contribution in [0, 0.1) is 5.82 Å². The second-order valence-corrected chi connectivity index (χ2v) is 5.95. The quantitative estimate of drug-likeness (QED) is 0.864. The summed E-state index contributed by atoms with van der Waals surface area (Å²) in [4.78, 5) is 14.6. The zero-order valence-corrected chi connectivity index (χ0v) is 13.4. The lowest BCUT2D eigenvalue weighted by molar-refractivity contribution is -0.118. The van der Waals surface area contributed by atoms with Crippen LogP contribution in [0.4, 0.5) is 10.1 Å². The molecule has 0 saturated carbocycles. The molecule has 1 heterocycles. The number of nitrogens with zero attached hydrogens (tertiary/aromatic N) is 1. The predicted molar refractivity (Wildman–Crippen MR) is 88.4 cm³/mol. The number of fused-ring (bicyclic) bond motifs is 1. The maximum absolute atomic E-state index is 13.4. The van der Waals surface area contributed by atoms with Crippen molar-refractivity contribution < 1.29 is 13.9 Å². The van der Waals surface area contributed by atoms with E-state index in [4.69, 9.17) is 4.74 Å². The second kappa shape index (κ2) is 6.41. The summed E-state index contributed by atoms with van der Waals surface area (Å²) in [5.74, 6) is 0.560. The van der Waals surface area contributed by atoms with E-state index in [0.717, 1.165) is 35.4 Å². The Bertz CT molecular complexity index is 712. The lowest BCUT2D eigenvalue weighted by Crippen LogP contribution is -2.43. The van der Waals surface area contributed by atoms with Crippen molar-refractivity contribution in [2.24, 2.45) is 0 Å². The van der Waals surface area contributed by atoms with E-state index in [2.05, 4.69) is 0 Å². The normalized spacial score (nSPS) is 16.8. The van der Waals surface area contributed by atoms with Gasteiger partial charge in [0.2, 0.25) is 5.91 Å². The lowest BCUT2D eigenvalue weighted by atomic mass is 9.95. The first-order valence-corrected chi connectivity index (χ1v) is 7.82. The molecule has 23 heavy (non-hydrogen) atoms. The highest BCUT2D eigenvalue weighted by Gasteiger charge is 2.28. The van der Waals surface area contributed by atoms with Gasteiger partial charge in [0.25, 0.3) is 0 Å². The number of anilines is 1. The van der Waals surface area contributed by atoms with Gasteiger partial charge in [0.05, 0.1) is 13.5 Å². The maximum atomic E-state index is 13.4. The van der Waals surface area contributed by atoms with Gasteiger partial charge in [-0.3, -0.25) is 4.79 Å². The number of carbonyl (C=O) groups is 1. The third-order valence-electron chi connectivity index (χ3n) is 4.36. The Labute approximate surface area is 135 Å². The smallest absolute Gasteiger partial charge is 0.231 e. The fourth-order valence-electron chi connectivity index (χ4n) is 3.10. The SMILES string of the molecule is COc1ccc(CC(=O)N2c3ccc(F)cc3CC[C@@H]2C)cc1. The Hall–Kier alpha value is -2.36. The number of methoxy groups -OCH3 is 1. The number of carbonyl (C=O) groups excluding carboxylic acids is 1. The Morgan fingerprint density at radius 2 is 2.00 bits per heavy atom. The molecule has 0 spiro atoms. The van der Waals surface area contributed by atoms with Crippen molar-refractivity contribution in [2.45, 2.75) is 32.2 Å². The molecule has 3 rings (SSSR count). The van der Waals surface area contributed by atoms with Crippen LogP contribution in [-0.2, 0) is 17.6 Å². The Morgan fingerprint density at radius 1 is 1.26 bits per heavy atom. The van der Waals surface area contributed by atoms with E-state index in [9.17, 15) is 9.18 Å². The number of benzene rings is 2. The number of halogens is 1. The van der Waals surface area contributed by atoms with E-state index in [-0.39, 0.29) is 17.8 Å². The van der Waals surface area contributed by atoms with Gasteiger partial charge in [-0.25, -0.2) is 4.39 Å². The predicted octanol–water partition coefficient (Wildman–Crippen LogP) is 3.74. The molecule has 0 aromatic heterocycles. The number of hydrogen-bond acceptors (Lipinski definition) is 2. The number of amides is 1. The molecule has 1 aliphatic rings. The summed E-state index contributed by atoms with van der Waals surface area (Å²) >= 11 is 0. The molecule has 1 aliphatic heterocycles. The topological polar surface area (TPSA) is 29.5 Å². The monoisotopic (exact) mass is 313 g/mol. The van der Waals surface area contributed by atoms with Gasteiger partial charge in [-0.05, 0) is 61.2 Å². The molecule has 0 unspecified atom stereocenters. The molecular weight excluding hydrogens is 293 g/mol. The summed E-state index contributed by atoms with van der Waals surface area (Å²) in [5.41, 5.74) is 2.69. The molecule has 0 aliphatic carbocycles. The average molecular weight is 313 g/mol. The number of ether oxygens (including phenoxy) is 1. The third-order valence-corrected chi connectivity index (χ3v) is 4.36. The van der Waals surface area contributed by atoms with E-state index in [1.165, 1.54) is 12.1 Å². The van der Waals surface area contributed by atoms with Crippen LogP contribution in [0.2, 0.25) is 0 Å². The first kappa shape index (κ1) is 15.5. The van der Waals surface area contributed by atoms with Crippen molar-refractivity contribution in [3.63, 3.8) is 0 Å². The first-order chi connectivity index (χ1) is 11.1. The maximum Gasteiger partial charge on any atom is 0.231 e. The lowest BCUT2D eigenvalue weighted by Gasteiger charge is -2.35. The van der Waals surface area contributed by atoms with Gasteiger partial charge >= 0.3 is 0 Å². The van der Waals surface area contributed by atoms with Gasteiger partial charge in [-0.1, -0.05) is 12.1 Å². The fourth-order valence-corrected chi connectivity index (χ4v) is 3.10. The Kier molecular flexibility index (Phi) is 4.33. The van der Waals surface area contributed by atoms with Gasteiger partial charge in [0.15, 0.2) is 0 Å². The van der Waals surface area contributed by atoms with Crippen LogP contribution >= 0.6 is 0 Å². The first-order valence-electron chi connectivity index (χ1n) is 7.82. The van der Waals surface area contributed by atoms with E-state index in [1.807, 2.05) is 36.1 Å². The molecule has 1 amide bonds. The average Bonchev–Trinajstić information content (AvgIpc) is 2.55. The van der Waals surface area contributed by atoms with Gasteiger partial charge in [0, 0.05) is 11.7 Å². The van der Waals surface area contributed by atoms with Crippen molar-refractivity contribution in [3.8, 4) is 5.75 Å². The largest absolute Gasteiger partial charge is 0.497 e. The van der Waals surface area contributed by atoms with Crippen molar-refractivity contribution in [2.75, 3.05) is 12.0 Å². The van der Waals surface area contributed by atoms with E-state index in [1.54, 1.807) is 13.2 Å². The summed E-state index contributed by atoms with van der Waals surface area (Å²) in [6.45, 7) is 2.04. The van der Waals surface area contributed by atoms with Crippen molar-refractivity contribution in [1.29, 1.82) is 0 Å². The minimum Gasteiger partial charge on any atom is -0.497 e. The van der Waals surface area contributed by atoms with Gasteiger partial charge < -0.3 is 9.64 Å². The molecule has 2 aromatic rings. The van der Waals surface area contributed by atoms with E-state index in [0.29, 0.717) is 6.42 Å². The van der Waals surface area contributed by atoms with Crippen LogP contribution in [0.5, 0.6) is 5.75 Å². The molecule has 0 bridgehead atoms. The van der Waals surface area contributed by atoms with Gasteiger partial charge in [0.1, 0.15) is 11.6 Å². The van der Waals surface area contributed by atoms with Gasteiger partial charge in [-0.2, -0.15) is 0 Å².